The molecule has 3 aromatic rings. The van der Waals surface area contributed by atoms with E-state index < -0.39 is 0 Å². The number of amides is 1. The lowest BCUT2D eigenvalue weighted by Gasteiger charge is -2.09. The van der Waals surface area contributed by atoms with Crippen LogP contribution in [0.2, 0.25) is 0 Å². The highest BCUT2D eigenvalue weighted by molar-refractivity contribution is 7.14. The second-order valence-electron chi connectivity index (χ2n) is 6.03. The maximum absolute atomic E-state index is 12.3. The fourth-order valence-electron chi connectivity index (χ4n) is 2.45. The lowest BCUT2D eigenvalue weighted by atomic mass is 10.1. The Morgan fingerprint density at radius 2 is 1.85 bits per heavy atom. The highest BCUT2D eigenvalue weighted by Gasteiger charge is 2.12. The SMILES string of the molecule is COc1ccc(C)cc1Nc1nc(C(=O)NCc2ccc(C)cc2)cs1. The molecule has 1 aromatic heterocycles. The highest BCUT2D eigenvalue weighted by atomic mass is 32.1. The molecule has 0 bridgehead atoms. The van der Waals surface area contributed by atoms with Gasteiger partial charge in [0.2, 0.25) is 0 Å². The first-order chi connectivity index (χ1) is 12.5. The molecule has 26 heavy (non-hydrogen) atoms. The molecular weight excluding hydrogens is 346 g/mol. The van der Waals surface area contributed by atoms with Gasteiger partial charge in [-0.15, -0.1) is 11.3 Å². The van der Waals surface area contributed by atoms with Gasteiger partial charge in [-0.3, -0.25) is 4.79 Å². The van der Waals surface area contributed by atoms with E-state index >= 15 is 0 Å². The second kappa shape index (κ2) is 8.01. The average molecular weight is 367 g/mol. The van der Waals surface area contributed by atoms with Gasteiger partial charge in [0.15, 0.2) is 5.13 Å². The van der Waals surface area contributed by atoms with Gasteiger partial charge in [0, 0.05) is 11.9 Å². The molecule has 5 nitrogen and oxygen atoms in total. The molecule has 0 atom stereocenters. The lowest BCUT2D eigenvalue weighted by molar-refractivity contribution is 0.0946. The Balaban J connectivity index is 1.64. The highest BCUT2D eigenvalue weighted by Crippen LogP contribution is 2.29. The van der Waals surface area contributed by atoms with Crippen LogP contribution >= 0.6 is 11.3 Å². The average Bonchev–Trinajstić information content (AvgIpc) is 3.10. The van der Waals surface area contributed by atoms with Crippen molar-refractivity contribution < 1.29 is 9.53 Å². The zero-order valence-electron chi connectivity index (χ0n) is 15.0. The Kier molecular flexibility index (Phi) is 5.53. The van der Waals surface area contributed by atoms with Crippen LogP contribution in [0, 0.1) is 13.8 Å². The lowest BCUT2D eigenvalue weighted by Crippen LogP contribution is -2.23. The molecule has 0 saturated heterocycles. The van der Waals surface area contributed by atoms with E-state index in [0.29, 0.717) is 17.4 Å². The summed E-state index contributed by atoms with van der Waals surface area (Å²) in [5, 5.41) is 8.51. The standard InChI is InChI=1S/C20H21N3O2S/c1-13-4-7-15(8-5-13)11-21-19(24)17-12-26-20(23-17)22-16-10-14(2)6-9-18(16)25-3/h4-10,12H,11H2,1-3H3,(H,21,24)(H,22,23). The van der Waals surface area contributed by atoms with Crippen LogP contribution in [-0.4, -0.2) is 18.0 Å². The zero-order valence-corrected chi connectivity index (χ0v) is 15.8. The number of hydrogen-bond donors (Lipinski definition) is 2. The third-order valence-electron chi connectivity index (χ3n) is 3.91. The number of carbonyl (C=O) groups excluding carboxylic acids is 1. The number of benzene rings is 2. The summed E-state index contributed by atoms with van der Waals surface area (Å²) in [6.45, 7) is 4.52. The van der Waals surface area contributed by atoms with Gasteiger partial charge in [0.05, 0.1) is 12.8 Å². The van der Waals surface area contributed by atoms with Crippen molar-refractivity contribution >= 4 is 28.1 Å². The van der Waals surface area contributed by atoms with E-state index in [4.69, 9.17) is 4.74 Å². The van der Waals surface area contributed by atoms with Gasteiger partial charge in [0.1, 0.15) is 11.4 Å². The third kappa shape index (κ3) is 4.40. The Morgan fingerprint density at radius 1 is 1.12 bits per heavy atom. The van der Waals surface area contributed by atoms with E-state index in [9.17, 15) is 4.79 Å². The Hall–Kier alpha value is -2.86. The van der Waals surface area contributed by atoms with E-state index in [1.807, 2.05) is 56.3 Å². The number of nitrogens with zero attached hydrogens (tertiary/aromatic N) is 1. The Labute approximate surface area is 157 Å². The summed E-state index contributed by atoms with van der Waals surface area (Å²) < 4.78 is 5.36. The smallest absolute Gasteiger partial charge is 0.271 e. The molecule has 0 spiro atoms. The van der Waals surface area contributed by atoms with Gasteiger partial charge >= 0.3 is 0 Å². The Bertz CT molecular complexity index is 904. The largest absolute Gasteiger partial charge is 0.495 e. The molecule has 134 valence electrons. The normalized spacial score (nSPS) is 10.4. The van der Waals surface area contributed by atoms with Crippen molar-refractivity contribution in [3.63, 3.8) is 0 Å². The van der Waals surface area contributed by atoms with Crippen LogP contribution in [0.5, 0.6) is 5.75 Å². The molecule has 2 aromatic carbocycles. The Morgan fingerprint density at radius 3 is 2.58 bits per heavy atom. The molecule has 3 rings (SSSR count). The quantitative estimate of drug-likeness (QED) is 0.676. The molecule has 0 saturated carbocycles. The number of anilines is 2. The summed E-state index contributed by atoms with van der Waals surface area (Å²) in [6, 6.07) is 13.9. The van der Waals surface area contributed by atoms with Gasteiger partial charge in [-0.1, -0.05) is 35.9 Å². The number of thiazole rings is 1. The third-order valence-corrected chi connectivity index (χ3v) is 4.66. The van der Waals surface area contributed by atoms with Crippen molar-refractivity contribution in [2.45, 2.75) is 20.4 Å². The van der Waals surface area contributed by atoms with E-state index in [-0.39, 0.29) is 5.91 Å². The van der Waals surface area contributed by atoms with Crippen LogP contribution in [0.1, 0.15) is 27.2 Å². The molecular formula is C20H21N3O2S. The fraction of sp³-hybridized carbons (Fsp3) is 0.200. The number of nitrogens with one attached hydrogen (secondary N) is 2. The zero-order chi connectivity index (χ0) is 18.5. The number of carbonyl (C=O) groups is 1. The monoisotopic (exact) mass is 367 g/mol. The van der Waals surface area contributed by atoms with Crippen LogP contribution < -0.4 is 15.4 Å². The summed E-state index contributed by atoms with van der Waals surface area (Å²) in [4.78, 5) is 16.7. The molecule has 1 heterocycles. The van der Waals surface area contributed by atoms with E-state index in [2.05, 4.69) is 15.6 Å². The van der Waals surface area contributed by atoms with Gasteiger partial charge in [-0.25, -0.2) is 4.98 Å². The summed E-state index contributed by atoms with van der Waals surface area (Å²) in [6.07, 6.45) is 0. The predicted octanol–water partition coefficient (Wildman–Crippen LogP) is 4.44. The number of methoxy groups -OCH3 is 1. The predicted molar refractivity (Wildman–Crippen MR) is 105 cm³/mol. The van der Waals surface area contributed by atoms with Crippen LogP contribution in [0.15, 0.2) is 47.8 Å². The minimum absolute atomic E-state index is 0.189. The summed E-state index contributed by atoms with van der Waals surface area (Å²) in [7, 11) is 1.63. The molecule has 0 aliphatic heterocycles. The molecule has 0 aliphatic carbocycles. The van der Waals surface area contributed by atoms with Crippen molar-refractivity contribution in [2.75, 3.05) is 12.4 Å². The number of hydrogen-bond acceptors (Lipinski definition) is 5. The first-order valence-electron chi connectivity index (χ1n) is 8.26. The number of aryl methyl sites for hydroxylation is 2. The fourth-order valence-corrected chi connectivity index (χ4v) is 3.15. The maximum atomic E-state index is 12.3. The summed E-state index contributed by atoms with van der Waals surface area (Å²) in [5.41, 5.74) is 4.59. The molecule has 0 radical (unpaired) electrons. The second-order valence-corrected chi connectivity index (χ2v) is 6.89. The van der Waals surface area contributed by atoms with Crippen molar-refractivity contribution in [1.29, 1.82) is 0 Å². The van der Waals surface area contributed by atoms with Crippen LogP contribution in [0.25, 0.3) is 0 Å². The van der Waals surface area contributed by atoms with Gasteiger partial charge < -0.3 is 15.4 Å². The van der Waals surface area contributed by atoms with Crippen LogP contribution in [-0.2, 0) is 6.54 Å². The molecule has 2 N–H and O–H groups in total. The van der Waals surface area contributed by atoms with Gasteiger partial charge in [-0.2, -0.15) is 0 Å². The number of ether oxygens (including phenoxy) is 1. The van der Waals surface area contributed by atoms with Crippen molar-refractivity contribution in [3.05, 3.63) is 70.2 Å². The number of rotatable bonds is 6. The topological polar surface area (TPSA) is 63.2 Å². The number of aromatic nitrogens is 1. The first-order valence-corrected chi connectivity index (χ1v) is 9.14. The van der Waals surface area contributed by atoms with Crippen molar-refractivity contribution in [2.24, 2.45) is 0 Å². The molecule has 6 heteroatoms. The maximum Gasteiger partial charge on any atom is 0.271 e. The minimum Gasteiger partial charge on any atom is -0.495 e. The van der Waals surface area contributed by atoms with E-state index in [1.54, 1.807) is 12.5 Å². The van der Waals surface area contributed by atoms with E-state index in [0.717, 1.165) is 22.6 Å². The molecule has 0 aliphatic rings. The summed E-state index contributed by atoms with van der Waals surface area (Å²) in [5.74, 6) is 0.544. The van der Waals surface area contributed by atoms with E-state index in [1.165, 1.54) is 16.9 Å². The minimum atomic E-state index is -0.189. The molecule has 0 fully saturated rings. The molecule has 0 unspecified atom stereocenters. The van der Waals surface area contributed by atoms with Crippen molar-refractivity contribution in [3.8, 4) is 5.75 Å². The first kappa shape index (κ1) is 17.9. The van der Waals surface area contributed by atoms with Crippen LogP contribution in [0.4, 0.5) is 10.8 Å². The van der Waals surface area contributed by atoms with Gasteiger partial charge in [0.25, 0.3) is 5.91 Å². The summed E-state index contributed by atoms with van der Waals surface area (Å²) >= 11 is 1.38. The van der Waals surface area contributed by atoms with Crippen LogP contribution in [0.3, 0.4) is 0 Å². The van der Waals surface area contributed by atoms with Gasteiger partial charge in [-0.05, 0) is 37.1 Å². The van der Waals surface area contributed by atoms with Crippen molar-refractivity contribution in [1.82, 2.24) is 10.3 Å². The molecule has 1 amide bonds.